The highest BCUT2D eigenvalue weighted by Gasteiger charge is 2.18. The average molecular weight is 299 g/mol. The van der Waals surface area contributed by atoms with Gasteiger partial charge in [-0.3, -0.25) is 11.3 Å². The normalized spacial score (nSPS) is 12.4. The molecule has 0 aromatic heterocycles. The minimum Gasteiger partial charge on any atom is -0.271 e. The minimum absolute atomic E-state index is 0.352. The summed E-state index contributed by atoms with van der Waals surface area (Å²) in [6.07, 6.45) is 0.498. The van der Waals surface area contributed by atoms with Crippen LogP contribution >= 0.6 is 23.2 Å². The second kappa shape index (κ2) is 6.35. The van der Waals surface area contributed by atoms with Gasteiger partial charge in [0.05, 0.1) is 6.04 Å². The molecule has 5 heteroatoms. The zero-order valence-corrected chi connectivity index (χ0v) is 11.5. The summed E-state index contributed by atoms with van der Waals surface area (Å²) in [4.78, 5) is 0. The molecule has 0 bridgehead atoms. The van der Waals surface area contributed by atoms with Crippen LogP contribution in [0.5, 0.6) is 0 Å². The molecule has 1 atom stereocenters. The Labute approximate surface area is 121 Å². The van der Waals surface area contributed by atoms with E-state index in [1.54, 1.807) is 18.2 Å². The van der Waals surface area contributed by atoms with E-state index in [4.69, 9.17) is 29.0 Å². The number of hydrogen-bond donors (Lipinski definition) is 2. The number of halogens is 3. The monoisotopic (exact) mass is 298 g/mol. The van der Waals surface area contributed by atoms with E-state index >= 15 is 0 Å². The van der Waals surface area contributed by atoms with Gasteiger partial charge in [-0.2, -0.15) is 0 Å². The number of nitrogens with two attached hydrogens (primary N) is 1. The molecule has 0 fully saturated rings. The molecule has 0 saturated heterocycles. The molecule has 2 aromatic rings. The Morgan fingerprint density at radius 1 is 1.16 bits per heavy atom. The van der Waals surface area contributed by atoms with Gasteiger partial charge in [0.25, 0.3) is 0 Å². The molecule has 3 N–H and O–H groups in total. The summed E-state index contributed by atoms with van der Waals surface area (Å²) in [5, 5.41) is 0.984. The van der Waals surface area contributed by atoms with Crippen LogP contribution in [0.3, 0.4) is 0 Å². The molecule has 0 radical (unpaired) electrons. The lowest BCUT2D eigenvalue weighted by molar-refractivity contribution is 0.511. The van der Waals surface area contributed by atoms with Gasteiger partial charge in [-0.25, -0.2) is 4.39 Å². The van der Waals surface area contributed by atoms with E-state index in [-0.39, 0.29) is 5.82 Å². The van der Waals surface area contributed by atoms with Crippen LogP contribution < -0.4 is 11.3 Å². The molecule has 0 spiro atoms. The molecule has 0 heterocycles. The molecule has 0 aliphatic carbocycles. The standard InChI is InChI=1S/C14H13Cl2FN2/c15-10-4-1-3-9(7-10)8-13(19-18)14-11(16)5-2-6-12(14)17/h1-7,13,19H,8,18H2. The Morgan fingerprint density at radius 2 is 1.89 bits per heavy atom. The van der Waals surface area contributed by atoms with Gasteiger partial charge in [-0.05, 0) is 36.2 Å². The summed E-state index contributed by atoms with van der Waals surface area (Å²) in [6.45, 7) is 0. The smallest absolute Gasteiger partial charge is 0.129 e. The van der Waals surface area contributed by atoms with Crippen LogP contribution in [-0.4, -0.2) is 0 Å². The Bertz CT molecular complexity index is 555. The van der Waals surface area contributed by atoms with E-state index in [0.29, 0.717) is 22.0 Å². The summed E-state index contributed by atoms with van der Waals surface area (Å²) >= 11 is 12.0. The van der Waals surface area contributed by atoms with Crippen molar-refractivity contribution in [3.63, 3.8) is 0 Å². The Balaban J connectivity index is 2.30. The fourth-order valence-corrected chi connectivity index (χ4v) is 2.50. The van der Waals surface area contributed by atoms with Crippen molar-refractivity contribution in [3.05, 3.63) is 69.5 Å². The van der Waals surface area contributed by atoms with Gasteiger partial charge >= 0.3 is 0 Å². The van der Waals surface area contributed by atoms with Crippen LogP contribution in [0.1, 0.15) is 17.2 Å². The van der Waals surface area contributed by atoms with Crippen LogP contribution in [0.25, 0.3) is 0 Å². The maximum absolute atomic E-state index is 13.9. The maximum Gasteiger partial charge on any atom is 0.129 e. The largest absolute Gasteiger partial charge is 0.271 e. The highest BCUT2D eigenvalue weighted by molar-refractivity contribution is 6.31. The quantitative estimate of drug-likeness (QED) is 0.664. The SMILES string of the molecule is NNC(Cc1cccc(Cl)c1)c1c(F)cccc1Cl. The lowest BCUT2D eigenvalue weighted by Gasteiger charge is -2.18. The average Bonchev–Trinajstić information content (AvgIpc) is 2.37. The van der Waals surface area contributed by atoms with Gasteiger partial charge in [-0.1, -0.05) is 41.4 Å². The van der Waals surface area contributed by atoms with Crippen LogP contribution in [0.15, 0.2) is 42.5 Å². The van der Waals surface area contributed by atoms with Gasteiger partial charge in [0.1, 0.15) is 5.82 Å². The summed E-state index contributed by atoms with van der Waals surface area (Å²) in [5.41, 5.74) is 3.92. The van der Waals surface area contributed by atoms with E-state index in [1.165, 1.54) is 6.07 Å². The highest BCUT2D eigenvalue weighted by Crippen LogP contribution is 2.28. The number of nitrogens with one attached hydrogen (secondary N) is 1. The summed E-state index contributed by atoms with van der Waals surface area (Å²) < 4.78 is 13.9. The first-order valence-electron chi connectivity index (χ1n) is 5.76. The zero-order chi connectivity index (χ0) is 13.8. The van der Waals surface area contributed by atoms with E-state index < -0.39 is 6.04 Å². The number of benzene rings is 2. The van der Waals surface area contributed by atoms with Crippen molar-refractivity contribution in [1.82, 2.24) is 5.43 Å². The fraction of sp³-hybridized carbons (Fsp3) is 0.143. The van der Waals surface area contributed by atoms with Crippen molar-refractivity contribution in [2.24, 2.45) is 5.84 Å². The predicted octanol–water partition coefficient (Wildman–Crippen LogP) is 3.88. The lowest BCUT2D eigenvalue weighted by atomic mass is 9.99. The first-order chi connectivity index (χ1) is 9.11. The molecule has 1 unspecified atom stereocenters. The van der Waals surface area contributed by atoms with Gasteiger partial charge in [-0.15, -0.1) is 0 Å². The molecular weight excluding hydrogens is 286 g/mol. The minimum atomic E-state index is -0.410. The molecule has 2 aromatic carbocycles. The van der Waals surface area contributed by atoms with Gasteiger partial charge in [0, 0.05) is 15.6 Å². The lowest BCUT2D eigenvalue weighted by Crippen LogP contribution is -2.30. The van der Waals surface area contributed by atoms with Crippen LogP contribution in [0.4, 0.5) is 4.39 Å². The van der Waals surface area contributed by atoms with E-state index in [1.807, 2.05) is 18.2 Å². The third-order valence-electron chi connectivity index (χ3n) is 2.88. The molecule has 0 aliphatic rings. The van der Waals surface area contributed by atoms with Crippen LogP contribution in [-0.2, 0) is 6.42 Å². The van der Waals surface area contributed by atoms with Crippen LogP contribution in [0.2, 0.25) is 10.0 Å². The van der Waals surface area contributed by atoms with Crippen molar-refractivity contribution < 1.29 is 4.39 Å². The molecule has 0 amide bonds. The second-order valence-electron chi connectivity index (χ2n) is 4.19. The van der Waals surface area contributed by atoms with E-state index in [0.717, 1.165) is 5.56 Å². The van der Waals surface area contributed by atoms with Gasteiger partial charge in [0.15, 0.2) is 0 Å². The first kappa shape index (κ1) is 14.3. The second-order valence-corrected chi connectivity index (χ2v) is 5.03. The molecule has 100 valence electrons. The zero-order valence-electron chi connectivity index (χ0n) is 10.0. The number of hydrazine groups is 1. The molecule has 0 saturated carbocycles. The van der Waals surface area contributed by atoms with Gasteiger partial charge < -0.3 is 0 Å². The first-order valence-corrected chi connectivity index (χ1v) is 6.52. The topological polar surface area (TPSA) is 38.0 Å². The van der Waals surface area contributed by atoms with Crippen LogP contribution in [0, 0.1) is 5.82 Å². The summed E-state index contributed by atoms with van der Waals surface area (Å²) in [6, 6.07) is 11.5. The van der Waals surface area contributed by atoms with E-state index in [9.17, 15) is 4.39 Å². The van der Waals surface area contributed by atoms with Crippen molar-refractivity contribution >= 4 is 23.2 Å². The Morgan fingerprint density at radius 3 is 2.53 bits per heavy atom. The van der Waals surface area contributed by atoms with Gasteiger partial charge in [0.2, 0.25) is 0 Å². The molecular formula is C14H13Cl2FN2. The highest BCUT2D eigenvalue weighted by atomic mass is 35.5. The Hall–Kier alpha value is -1.13. The molecule has 19 heavy (non-hydrogen) atoms. The molecule has 2 nitrogen and oxygen atoms in total. The van der Waals surface area contributed by atoms with Crippen molar-refractivity contribution in [3.8, 4) is 0 Å². The third kappa shape index (κ3) is 3.45. The number of rotatable bonds is 4. The number of hydrogen-bond acceptors (Lipinski definition) is 2. The molecule has 2 rings (SSSR count). The maximum atomic E-state index is 13.9. The van der Waals surface area contributed by atoms with E-state index in [2.05, 4.69) is 5.43 Å². The van der Waals surface area contributed by atoms with Crippen molar-refractivity contribution in [2.45, 2.75) is 12.5 Å². The summed E-state index contributed by atoms with van der Waals surface area (Å²) in [7, 11) is 0. The summed E-state index contributed by atoms with van der Waals surface area (Å²) in [5.74, 6) is 5.14. The molecule has 0 aliphatic heterocycles. The van der Waals surface area contributed by atoms with Crippen molar-refractivity contribution in [2.75, 3.05) is 0 Å². The van der Waals surface area contributed by atoms with Crippen molar-refractivity contribution in [1.29, 1.82) is 0 Å². The predicted molar refractivity (Wildman–Crippen MR) is 76.6 cm³/mol. The Kier molecular flexibility index (Phi) is 4.77. The fourth-order valence-electron chi connectivity index (χ4n) is 1.99. The third-order valence-corrected chi connectivity index (χ3v) is 3.44.